The van der Waals surface area contributed by atoms with Crippen LogP contribution in [0.4, 0.5) is 0 Å². The molecule has 0 aromatic heterocycles. The van der Waals surface area contributed by atoms with Crippen molar-refractivity contribution in [2.24, 2.45) is 0 Å². The summed E-state index contributed by atoms with van der Waals surface area (Å²) in [5, 5.41) is 3.96. The molecular formula is C21H28N2. The molecule has 0 spiro atoms. The molecule has 2 aromatic rings. The van der Waals surface area contributed by atoms with Crippen molar-refractivity contribution in [3.63, 3.8) is 0 Å². The highest BCUT2D eigenvalue weighted by atomic mass is 15.1. The van der Waals surface area contributed by atoms with E-state index in [4.69, 9.17) is 0 Å². The first kappa shape index (κ1) is 16.2. The van der Waals surface area contributed by atoms with Gasteiger partial charge in [-0.15, -0.1) is 0 Å². The SMILES string of the molecule is Cc1ccccc1C(NC1CCN(C)CC1)c1ccccc1C. The van der Waals surface area contributed by atoms with Gasteiger partial charge in [0.1, 0.15) is 0 Å². The Morgan fingerprint density at radius 2 is 1.35 bits per heavy atom. The smallest absolute Gasteiger partial charge is 0.0584 e. The molecule has 1 saturated heterocycles. The Bertz CT molecular complexity index is 596. The van der Waals surface area contributed by atoms with Crippen molar-refractivity contribution in [1.82, 2.24) is 10.2 Å². The zero-order valence-electron chi connectivity index (χ0n) is 14.5. The maximum atomic E-state index is 3.96. The van der Waals surface area contributed by atoms with Gasteiger partial charge in [0.15, 0.2) is 0 Å². The Hall–Kier alpha value is -1.64. The number of nitrogens with zero attached hydrogens (tertiary/aromatic N) is 1. The molecule has 2 heteroatoms. The number of piperidine rings is 1. The second-order valence-corrected chi connectivity index (χ2v) is 6.89. The number of nitrogens with one attached hydrogen (secondary N) is 1. The van der Waals surface area contributed by atoms with Crippen molar-refractivity contribution in [3.8, 4) is 0 Å². The summed E-state index contributed by atoms with van der Waals surface area (Å²) in [5.41, 5.74) is 5.53. The molecule has 122 valence electrons. The van der Waals surface area contributed by atoms with Crippen LogP contribution in [0.15, 0.2) is 48.5 Å². The molecule has 1 heterocycles. The van der Waals surface area contributed by atoms with Gasteiger partial charge in [-0.1, -0.05) is 48.5 Å². The first-order valence-corrected chi connectivity index (χ1v) is 8.71. The molecule has 2 aromatic carbocycles. The molecule has 3 rings (SSSR count). The summed E-state index contributed by atoms with van der Waals surface area (Å²) in [5.74, 6) is 0. The van der Waals surface area contributed by atoms with Gasteiger partial charge < -0.3 is 10.2 Å². The van der Waals surface area contributed by atoms with Crippen LogP contribution in [0.3, 0.4) is 0 Å². The minimum Gasteiger partial charge on any atom is -0.306 e. The summed E-state index contributed by atoms with van der Waals surface area (Å²) >= 11 is 0. The normalized spacial score (nSPS) is 16.9. The van der Waals surface area contributed by atoms with E-state index >= 15 is 0 Å². The molecule has 0 amide bonds. The van der Waals surface area contributed by atoms with E-state index in [-0.39, 0.29) is 6.04 Å². The van der Waals surface area contributed by atoms with Gasteiger partial charge in [-0.3, -0.25) is 0 Å². The molecule has 0 radical (unpaired) electrons. The predicted octanol–water partition coefficient (Wildman–Crippen LogP) is 4.08. The van der Waals surface area contributed by atoms with E-state index in [0.717, 1.165) is 0 Å². The number of hydrogen-bond acceptors (Lipinski definition) is 2. The quantitative estimate of drug-likeness (QED) is 0.915. The molecule has 1 N–H and O–H groups in total. The largest absolute Gasteiger partial charge is 0.306 e. The van der Waals surface area contributed by atoms with Crippen LogP contribution in [0.1, 0.15) is 41.1 Å². The molecule has 1 fully saturated rings. The van der Waals surface area contributed by atoms with E-state index in [1.54, 1.807) is 0 Å². The highest BCUT2D eigenvalue weighted by molar-refractivity contribution is 5.40. The van der Waals surface area contributed by atoms with Gasteiger partial charge in [0.05, 0.1) is 6.04 Å². The average molecular weight is 308 g/mol. The van der Waals surface area contributed by atoms with Crippen molar-refractivity contribution in [2.75, 3.05) is 20.1 Å². The van der Waals surface area contributed by atoms with Gasteiger partial charge in [0.2, 0.25) is 0 Å². The lowest BCUT2D eigenvalue weighted by Gasteiger charge is -2.34. The minimum atomic E-state index is 0.283. The highest BCUT2D eigenvalue weighted by Crippen LogP contribution is 2.28. The van der Waals surface area contributed by atoms with Gasteiger partial charge in [-0.05, 0) is 69.1 Å². The van der Waals surface area contributed by atoms with Crippen LogP contribution in [0.5, 0.6) is 0 Å². The summed E-state index contributed by atoms with van der Waals surface area (Å²) in [4.78, 5) is 2.43. The number of hydrogen-bond donors (Lipinski definition) is 1. The predicted molar refractivity (Wildman–Crippen MR) is 97.9 cm³/mol. The summed E-state index contributed by atoms with van der Waals surface area (Å²) in [6, 6.07) is 18.4. The minimum absolute atomic E-state index is 0.283. The molecule has 1 aliphatic rings. The maximum absolute atomic E-state index is 3.96. The molecule has 0 unspecified atom stereocenters. The summed E-state index contributed by atoms with van der Waals surface area (Å²) in [7, 11) is 2.22. The van der Waals surface area contributed by atoms with E-state index in [1.165, 1.54) is 48.2 Å². The number of aryl methyl sites for hydroxylation is 2. The monoisotopic (exact) mass is 308 g/mol. The van der Waals surface area contributed by atoms with E-state index in [9.17, 15) is 0 Å². The fraction of sp³-hybridized carbons (Fsp3) is 0.429. The van der Waals surface area contributed by atoms with E-state index in [0.29, 0.717) is 6.04 Å². The topological polar surface area (TPSA) is 15.3 Å². The molecule has 2 nitrogen and oxygen atoms in total. The van der Waals surface area contributed by atoms with Crippen LogP contribution in [-0.2, 0) is 0 Å². The molecule has 0 atom stereocenters. The molecule has 0 saturated carbocycles. The third-order valence-corrected chi connectivity index (χ3v) is 5.12. The Balaban J connectivity index is 1.91. The van der Waals surface area contributed by atoms with Crippen LogP contribution in [-0.4, -0.2) is 31.1 Å². The van der Waals surface area contributed by atoms with Crippen LogP contribution >= 0.6 is 0 Å². The summed E-state index contributed by atoms with van der Waals surface area (Å²) < 4.78 is 0. The first-order chi connectivity index (χ1) is 11.1. The number of benzene rings is 2. The zero-order valence-corrected chi connectivity index (χ0v) is 14.5. The van der Waals surface area contributed by atoms with Gasteiger partial charge in [-0.2, -0.15) is 0 Å². The van der Waals surface area contributed by atoms with Gasteiger partial charge in [-0.25, -0.2) is 0 Å². The van der Waals surface area contributed by atoms with Crippen LogP contribution < -0.4 is 5.32 Å². The standard InChI is InChI=1S/C21H28N2/c1-16-8-4-6-10-19(16)21(20-11-7-5-9-17(20)2)22-18-12-14-23(3)15-13-18/h4-11,18,21-22H,12-15H2,1-3H3. The molecular weight excluding hydrogens is 280 g/mol. The van der Waals surface area contributed by atoms with Crippen molar-refractivity contribution in [3.05, 3.63) is 70.8 Å². The van der Waals surface area contributed by atoms with Gasteiger partial charge in [0.25, 0.3) is 0 Å². The molecule has 1 aliphatic heterocycles. The van der Waals surface area contributed by atoms with Crippen molar-refractivity contribution >= 4 is 0 Å². The Morgan fingerprint density at radius 3 is 1.83 bits per heavy atom. The van der Waals surface area contributed by atoms with E-state index in [2.05, 4.69) is 79.6 Å². The maximum Gasteiger partial charge on any atom is 0.0584 e. The highest BCUT2D eigenvalue weighted by Gasteiger charge is 2.23. The molecule has 23 heavy (non-hydrogen) atoms. The van der Waals surface area contributed by atoms with Crippen molar-refractivity contribution in [2.45, 2.75) is 38.8 Å². The molecule has 0 bridgehead atoms. The van der Waals surface area contributed by atoms with E-state index < -0.39 is 0 Å². The second-order valence-electron chi connectivity index (χ2n) is 6.89. The Labute approximate surface area is 140 Å². The van der Waals surface area contributed by atoms with Crippen LogP contribution in [0.2, 0.25) is 0 Å². The van der Waals surface area contributed by atoms with Gasteiger partial charge in [0, 0.05) is 6.04 Å². The third kappa shape index (κ3) is 3.82. The zero-order chi connectivity index (χ0) is 16.2. The van der Waals surface area contributed by atoms with Crippen LogP contribution in [0, 0.1) is 13.8 Å². The summed E-state index contributed by atoms with van der Waals surface area (Å²) in [6.45, 7) is 6.81. The molecule has 0 aliphatic carbocycles. The summed E-state index contributed by atoms with van der Waals surface area (Å²) in [6.07, 6.45) is 2.45. The Morgan fingerprint density at radius 1 is 0.870 bits per heavy atom. The van der Waals surface area contributed by atoms with E-state index in [1.807, 2.05) is 0 Å². The lowest BCUT2D eigenvalue weighted by atomic mass is 9.90. The van der Waals surface area contributed by atoms with Crippen LogP contribution in [0.25, 0.3) is 0 Å². The fourth-order valence-corrected chi connectivity index (χ4v) is 3.58. The van der Waals surface area contributed by atoms with Gasteiger partial charge >= 0.3 is 0 Å². The fourth-order valence-electron chi connectivity index (χ4n) is 3.58. The average Bonchev–Trinajstić information content (AvgIpc) is 2.56. The lowest BCUT2D eigenvalue weighted by Crippen LogP contribution is -2.42. The Kier molecular flexibility index (Phi) is 5.14. The third-order valence-electron chi connectivity index (χ3n) is 5.12. The van der Waals surface area contributed by atoms with Crippen molar-refractivity contribution < 1.29 is 0 Å². The first-order valence-electron chi connectivity index (χ1n) is 8.71. The lowest BCUT2D eigenvalue weighted by molar-refractivity contribution is 0.229. The number of likely N-dealkylation sites (tertiary alicyclic amines) is 1. The number of rotatable bonds is 4. The van der Waals surface area contributed by atoms with Crippen molar-refractivity contribution in [1.29, 1.82) is 0 Å². The second kappa shape index (κ2) is 7.29.